The van der Waals surface area contributed by atoms with Gasteiger partial charge in [-0.3, -0.25) is 0 Å². The molecule has 0 atom stereocenters. The number of thiophene rings is 1. The van der Waals surface area contributed by atoms with Crippen molar-refractivity contribution < 1.29 is 15.0 Å². The molecule has 0 spiro atoms. The predicted octanol–water partition coefficient (Wildman–Crippen LogP) is 2.79. The number of hydrogen-bond acceptors (Lipinski definition) is 4. The molecule has 1 aromatic rings. The third kappa shape index (κ3) is 3.59. The van der Waals surface area contributed by atoms with Crippen molar-refractivity contribution in [2.75, 3.05) is 13.2 Å². The zero-order valence-electron chi connectivity index (χ0n) is 11.9. The van der Waals surface area contributed by atoms with Crippen LogP contribution < -0.4 is 5.32 Å². The molecule has 1 saturated carbocycles. The van der Waals surface area contributed by atoms with Gasteiger partial charge in [0.1, 0.15) is 4.88 Å². The molecule has 1 aromatic heterocycles. The van der Waals surface area contributed by atoms with Crippen LogP contribution >= 0.6 is 11.3 Å². The van der Waals surface area contributed by atoms with E-state index in [2.05, 4.69) is 5.32 Å². The summed E-state index contributed by atoms with van der Waals surface area (Å²) in [6.45, 7) is 3.68. The van der Waals surface area contributed by atoms with Gasteiger partial charge in [0.2, 0.25) is 0 Å². The minimum absolute atomic E-state index is 0.0256. The number of nitrogens with one attached hydrogen (secondary N) is 1. The molecule has 3 N–H and O–H groups in total. The lowest BCUT2D eigenvalue weighted by Gasteiger charge is -2.35. The Morgan fingerprint density at radius 3 is 2.65 bits per heavy atom. The molecule has 0 aliphatic heterocycles. The quantitative estimate of drug-likeness (QED) is 0.755. The van der Waals surface area contributed by atoms with Crippen molar-refractivity contribution in [3.8, 4) is 0 Å². The molecule has 20 heavy (non-hydrogen) atoms. The largest absolute Gasteiger partial charge is 0.477 e. The number of hydrogen-bond donors (Lipinski definition) is 3. The summed E-state index contributed by atoms with van der Waals surface area (Å²) in [6, 6.07) is 1.75. The Hall–Kier alpha value is -0.910. The fourth-order valence-electron chi connectivity index (χ4n) is 2.96. The maximum absolute atomic E-state index is 10.9. The van der Waals surface area contributed by atoms with Crippen molar-refractivity contribution in [2.45, 2.75) is 45.6 Å². The van der Waals surface area contributed by atoms with Crippen LogP contribution in [-0.4, -0.2) is 29.3 Å². The van der Waals surface area contributed by atoms with Gasteiger partial charge in [0, 0.05) is 30.0 Å². The van der Waals surface area contributed by atoms with Crippen LogP contribution in [-0.2, 0) is 6.54 Å². The Morgan fingerprint density at radius 1 is 1.40 bits per heavy atom. The summed E-state index contributed by atoms with van der Waals surface area (Å²) in [4.78, 5) is 12.4. The van der Waals surface area contributed by atoms with Gasteiger partial charge in [-0.15, -0.1) is 11.3 Å². The average molecular weight is 297 g/mol. The number of carboxylic acids is 1. The number of carboxylic acid groups (broad SMARTS) is 1. The van der Waals surface area contributed by atoms with Crippen LogP contribution in [0.25, 0.3) is 0 Å². The van der Waals surface area contributed by atoms with Gasteiger partial charge in [-0.2, -0.15) is 0 Å². The fourth-order valence-corrected chi connectivity index (χ4v) is 3.84. The smallest absolute Gasteiger partial charge is 0.345 e. The van der Waals surface area contributed by atoms with Gasteiger partial charge in [0.15, 0.2) is 0 Å². The van der Waals surface area contributed by atoms with E-state index in [9.17, 15) is 9.90 Å². The van der Waals surface area contributed by atoms with Gasteiger partial charge < -0.3 is 15.5 Å². The third-order valence-corrected chi connectivity index (χ3v) is 5.38. The minimum Gasteiger partial charge on any atom is -0.477 e. The highest BCUT2D eigenvalue weighted by atomic mass is 32.1. The van der Waals surface area contributed by atoms with Crippen LogP contribution in [0, 0.1) is 12.3 Å². The van der Waals surface area contributed by atoms with Crippen molar-refractivity contribution in [1.82, 2.24) is 5.32 Å². The monoisotopic (exact) mass is 297 g/mol. The van der Waals surface area contributed by atoms with Crippen molar-refractivity contribution in [3.63, 3.8) is 0 Å². The SMILES string of the molecule is Cc1sc(C(=O)O)cc1CNCC1(CO)CCCCC1. The molecule has 112 valence electrons. The van der Waals surface area contributed by atoms with Crippen molar-refractivity contribution >= 4 is 17.3 Å². The van der Waals surface area contributed by atoms with Crippen LogP contribution in [0.3, 0.4) is 0 Å². The third-order valence-electron chi connectivity index (χ3n) is 4.30. The second-order valence-corrected chi connectivity index (χ2v) is 7.08. The summed E-state index contributed by atoms with van der Waals surface area (Å²) in [5.41, 5.74) is 1.08. The summed E-state index contributed by atoms with van der Waals surface area (Å²) in [6.07, 6.45) is 5.83. The van der Waals surface area contributed by atoms with Crippen LogP contribution in [0.2, 0.25) is 0 Å². The summed E-state index contributed by atoms with van der Waals surface area (Å²) in [7, 11) is 0. The number of aryl methyl sites for hydroxylation is 1. The molecule has 1 fully saturated rings. The van der Waals surface area contributed by atoms with Crippen LogP contribution in [0.1, 0.15) is 52.2 Å². The predicted molar refractivity (Wildman–Crippen MR) is 80.3 cm³/mol. The highest BCUT2D eigenvalue weighted by molar-refractivity contribution is 7.14. The Morgan fingerprint density at radius 2 is 2.10 bits per heavy atom. The first-order chi connectivity index (χ1) is 9.56. The maximum Gasteiger partial charge on any atom is 0.345 e. The normalized spacial score (nSPS) is 18.1. The first kappa shape index (κ1) is 15.5. The van der Waals surface area contributed by atoms with Gasteiger partial charge in [-0.1, -0.05) is 19.3 Å². The second-order valence-electron chi connectivity index (χ2n) is 5.82. The van der Waals surface area contributed by atoms with E-state index in [1.54, 1.807) is 6.07 Å². The van der Waals surface area contributed by atoms with Gasteiger partial charge >= 0.3 is 5.97 Å². The Balaban J connectivity index is 1.90. The minimum atomic E-state index is -0.858. The van der Waals surface area contributed by atoms with Crippen LogP contribution in [0.5, 0.6) is 0 Å². The van der Waals surface area contributed by atoms with Crippen molar-refractivity contribution in [3.05, 3.63) is 21.4 Å². The van der Waals surface area contributed by atoms with Gasteiger partial charge in [0.05, 0.1) is 0 Å². The Bertz CT molecular complexity index is 464. The number of aliphatic hydroxyl groups excluding tert-OH is 1. The Kier molecular flexibility index (Phi) is 5.18. The lowest BCUT2D eigenvalue weighted by molar-refractivity contribution is 0.0702. The van der Waals surface area contributed by atoms with Crippen LogP contribution in [0.15, 0.2) is 6.07 Å². The van der Waals surface area contributed by atoms with Crippen molar-refractivity contribution in [1.29, 1.82) is 0 Å². The second kappa shape index (κ2) is 6.70. The first-order valence-corrected chi connectivity index (χ1v) is 8.02. The van der Waals surface area contributed by atoms with Gasteiger partial charge in [0.25, 0.3) is 0 Å². The van der Waals surface area contributed by atoms with E-state index in [1.807, 2.05) is 6.92 Å². The number of aromatic carboxylic acids is 1. The lowest BCUT2D eigenvalue weighted by atomic mass is 9.74. The summed E-state index contributed by atoms with van der Waals surface area (Å²) >= 11 is 1.32. The lowest BCUT2D eigenvalue weighted by Crippen LogP contribution is -2.38. The molecule has 1 aliphatic rings. The first-order valence-electron chi connectivity index (χ1n) is 7.20. The molecule has 1 heterocycles. The van der Waals surface area contributed by atoms with E-state index in [0.29, 0.717) is 11.4 Å². The molecule has 0 unspecified atom stereocenters. The molecule has 5 heteroatoms. The topological polar surface area (TPSA) is 69.6 Å². The van der Waals surface area contributed by atoms with Gasteiger partial charge in [-0.05, 0) is 31.4 Å². The molecule has 2 rings (SSSR count). The molecular formula is C15H23NO3S. The molecule has 0 bridgehead atoms. The van der Waals surface area contributed by atoms with Crippen molar-refractivity contribution in [2.24, 2.45) is 5.41 Å². The number of rotatable bonds is 6. The molecule has 0 aromatic carbocycles. The van der Waals surface area contributed by atoms with E-state index in [1.165, 1.54) is 30.6 Å². The highest BCUT2D eigenvalue weighted by Gasteiger charge is 2.30. The standard InChI is InChI=1S/C15H23NO3S/c1-11-12(7-13(20-11)14(18)19)8-16-9-15(10-17)5-3-2-4-6-15/h7,16-17H,2-6,8-10H2,1H3,(H,18,19). The van der Waals surface area contributed by atoms with Crippen LogP contribution in [0.4, 0.5) is 0 Å². The molecule has 0 radical (unpaired) electrons. The van der Waals surface area contributed by atoms with Gasteiger partial charge in [-0.25, -0.2) is 4.79 Å². The van der Waals surface area contributed by atoms with E-state index in [4.69, 9.17) is 5.11 Å². The average Bonchev–Trinajstić information content (AvgIpc) is 2.82. The fraction of sp³-hybridized carbons (Fsp3) is 0.667. The Labute approximate surface area is 123 Å². The summed E-state index contributed by atoms with van der Waals surface area (Å²) < 4.78 is 0. The molecule has 0 saturated heterocycles. The molecule has 1 aliphatic carbocycles. The van der Waals surface area contributed by atoms with E-state index in [-0.39, 0.29) is 12.0 Å². The number of aliphatic hydroxyl groups is 1. The molecule has 4 nitrogen and oxygen atoms in total. The zero-order valence-corrected chi connectivity index (χ0v) is 12.8. The zero-order chi connectivity index (χ0) is 14.6. The summed E-state index contributed by atoms with van der Waals surface area (Å²) in [5.74, 6) is -0.858. The molecule has 0 amide bonds. The van der Waals surface area contributed by atoms with E-state index in [0.717, 1.165) is 29.8 Å². The maximum atomic E-state index is 10.9. The number of carbonyl (C=O) groups is 1. The van der Waals surface area contributed by atoms with E-state index < -0.39 is 5.97 Å². The summed E-state index contributed by atoms with van der Waals surface area (Å²) in [5, 5.41) is 22.1. The van der Waals surface area contributed by atoms with E-state index >= 15 is 0 Å². The molecular weight excluding hydrogens is 274 g/mol. The highest BCUT2D eigenvalue weighted by Crippen LogP contribution is 2.35.